The number of hydrogen-bond acceptors (Lipinski definition) is 5. The number of carboxylic acid groups (broad SMARTS) is 1. The van der Waals surface area contributed by atoms with Crippen LogP contribution in [0.4, 0.5) is 0 Å². The molecule has 0 aliphatic carbocycles. The van der Waals surface area contributed by atoms with Crippen LogP contribution in [0.5, 0.6) is 0 Å². The first kappa shape index (κ1) is 20.5. The van der Waals surface area contributed by atoms with Crippen LogP contribution in [0, 0.1) is 13.8 Å². The molecule has 1 aliphatic heterocycles. The van der Waals surface area contributed by atoms with Crippen LogP contribution >= 0.6 is 0 Å². The van der Waals surface area contributed by atoms with E-state index in [9.17, 15) is 4.79 Å². The van der Waals surface area contributed by atoms with Gasteiger partial charge in [-0.1, -0.05) is 24.3 Å². The molecule has 144 valence electrons. The van der Waals surface area contributed by atoms with E-state index in [-0.39, 0.29) is 12.4 Å². The largest absolute Gasteiger partial charge is 0.483 e. The van der Waals surface area contributed by atoms with Crippen LogP contribution in [0.1, 0.15) is 46.0 Å². The minimum absolute atomic E-state index is 0.162. The molecule has 3 rings (SSSR count). The van der Waals surface area contributed by atoms with Crippen LogP contribution in [-0.2, 0) is 17.9 Å². The average Bonchev–Trinajstić information content (AvgIpc) is 3.14. The maximum atomic E-state index is 12.2. The third-order valence-corrected chi connectivity index (χ3v) is 4.28. The fraction of sp³-hybridized carbons (Fsp3) is 0.400. The summed E-state index contributed by atoms with van der Waals surface area (Å²) in [6, 6.07) is 10.2. The van der Waals surface area contributed by atoms with Crippen molar-refractivity contribution in [2.24, 2.45) is 0 Å². The lowest BCUT2D eigenvalue weighted by molar-refractivity contribution is -0.122. The molecule has 1 aromatic heterocycles. The van der Waals surface area contributed by atoms with Gasteiger partial charge in [0.15, 0.2) is 0 Å². The van der Waals surface area contributed by atoms with Crippen molar-refractivity contribution < 1.29 is 14.7 Å². The molecule has 0 spiro atoms. The summed E-state index contributed by atoms with van der Waals surface area (Å²) in [6.45, 7) is 7.34. The number of benzene rings is 1. The van der Waals surface area contributed by atoms with Gasteiger partial charge >= 0.3 is 0 Å². The quantitative estimate of drug-likeness (QED) is 0.784. The Bertz CT molecular complexity index is 736. The number of nitrogens with zero attached hydrogens (tertiary/aromatic N) is 3. The lowest BCUT2D eigenvalue weighted by atomic mass is 10.1. The molecule has 0 bridgehead atoms. The van der Waals surface area contributed by atoms with E-state index in [0.29, 0.717) is 18.1 Å². The lowest BCUT2D eigenvalue weighted by Crippen LogP contribution is -2.24. The number of nitrogens with one attached hydrogen (secondary N) is 1. The van der Waals surface area contributed by atoms with E-state index < -0.39 is 0 Å². The molecular formula is C20H26N4O3. The first-order valence-electron chi connectivity index (χ1n) is 9.00. The molecule has 1 amide bonds. The van der Waals surface area contributed by atoms with Crippen LogP contribution in [0.15, 0.2) is 30.3 Å². The van der Waals surface area contributed by atoms with Gasteiger partial charge in [-0.2, -0.15) is 0 Å². The van der Waals surface area contributed by atoms with Crippen molar-refractivity contribution in [1.29, 1.82) is 0 Å². The summed E-state index contributed by atoms with van der Waals surface area (Å²) in [4.78, 5) is 31.4. The maximum Gasteiger partial charge on any atom is 0.290 e. The molecular weight excluding hydrogens is 344 g/mol. The Balaban J connectivity index is 0.000000817. The summed E-state index contributed by atoms with van der Waals surface area (Å²) in [5.74, 6) is 0.455. The SMILES string of the molecule is Cc1cc(C(=O)NCc2ccc(CN3CCCC3)cc2)nc(C)n1.O=CO. The van der Waals surface area contributed by atoms with E-state index in [0.717, 1.165) is 17.8 Å². The highest BCUT2D eigenvalue weighted by molar-refractivity contribution is 5.92. The monoisotopic (exact) mass is 370 g/mol. The summed E-state index contributed by atoms with van der Waals surface area (Å²) in [5, 5.41) is 9.81. The Labute approximate surface area is 159 Å². The van der Waals surface area contributed by atoms with Crippen molar-refractivity contribution in [2.75, 3.05) is 13.1 Å². The van der Waals surface area contributed by atoms with Crippen LogP contribution in [-0.4, -0.2) is 45.4 Å². The second-order valence-corrected chi connectivity index (χ2v) is 6.53. The van der Waals surface area contributed by atoms with Gasteiger partial charge in [-0.3, -0.25) is 14.5 Å². The number of amides is 1. The van der Waals surface area contributed by atoms with Gasteiger partial charge in [0.1, 0.15) is 11.5 Å². The summed E-state index contributed by atoms with van der Waals surface area (Å²) in [7, 11) is 0. The van der Waals surface area contributed by atoms with E-state index in [2.05, 4.69) is 44.5 Å². The van der Waals surface area contributed by atoms with Gasteiger partial charge in [0.25, 0.3) is 12.4 Å². The van der Waals surface area contributed by atoms with Crippen molar-refractivity contribution in [2.45, 2.75) is 39.8 Å². The number of carbonyl (C=O) groups is 2. The molecule has 2 heterocycles. The fourth-order valence-corrected chi connectivity index (χ4v) is 3.07. The zero-order chi connectivity index (χ0) is 19.6. The number of likely N-dealkylation sites (tertiary alicyclic amines) is 1. The topological polar surface area (TPSA) is 95.4 Å². The molecule has 1 aliphatic rings. The molecule has 2 aromatic rings. The zero-order valence-electron chi connectivity index (χ0n) is 15.8. The van der Waals surface area contributed by atoms with Crippen LogP contribution < -0.4 is 5.32 Å². The van der Waals surface area contributed by atoms with E-state index in [1.54, 1.807) is 13.0 Å². The molecule has 1 saturated heterocycles. The molecule has 1 aromatic carbocycles. The summed E-state index contributed by atoms with van der Waals surface area (Å²) in [5.41, 5.74) is 3.65. The van der Waals surface area contributed by atoms with Gasteiger partial charge in [-0.25, -0.2) is 9.97 Å². The van der Waals surface area contributed by atoms with E-state index >= 15 is 0 Å². The summed E-state index contributed by atoms with van der Waals surface area (Å²) >= 11 is 0. The molecule has 7 heteroatoms. The predicted octanol–water partition coefficient (Wildman–Crippen LogP) is 2.32. The Morgan fingerprint density at radius 2 is 1.74 bits per heavy atom. The van der Waals surface area contributed by atoms with Gasteiger partial charge < -0.3 is 10.4 Å². The van der Waals surface area contributed by atoms with Gasteiger partial charge in [0, 0.05) is 18.8 Å². The third kappa shape index (κ3) is 6.79. The van der Waals surface area contributed by atoms with Crippen LogP contribution in [0.2, 0.25) is 0 Å². The van der Waals surface area contributed by atoms with Gasteiger partial charge in [-0.15, -0.1) is 0 Å². The lowest BCUT2D eigenvalue weighted by Gasteiger charge is -2.14. The summed E-state index contributed by atoms with van der Waals surface area (Å²) < 4.78 is 0. The highest BCUT2D eigenvalue weighted by Crippen LogP contribution is 2.13. The highest BCUT2D eigenvalue weighted by atomic mass is 16.3. The minimum Gasteiger partial charge on any atom is -0.483 e. The first-order chi connectivity index (χ1) is 13.0. The molecule has 0 unspecified atom stereocenters. The Kier molecular flexibility index (Phi) is 7.88. The Morgan fingerprint density at radius 1 is 1.15 bits per heavy atom. The Morgan fingerprint density at radius 3 is 2.33 bits per heavy atom. The second kappa shape index (κ2) is 10.4. The van der Waals surface area contributed by atoms with Gasteiger partial charge in [0.2, 0.25) is 0 Å². The number of carbonyl (C=O) groups excluding carboxylic acids is 1. The molecule has 27 heavy (non-hydrogen) atoms. The minimum atomic E-state index is -0.250. The summed E-state index contributed by atoms with van der Waals surface area (Å²) in [6.07, 6.45) is 2.62. The third-order valence-electron chi connectivity index (χ3n) is 4.28. The Hall–Kier alpha value is -2.80. The second-order valence-electron chi connectivity index (χ2n) is 6.53. The number of aryl methyl sites for hydroxylation is 2. The number of hydrogen-bond donors (Lipinski definition) is 2. The fourth-order valence-electron chi connectivity index (χ4n) is 3.07. The maximum absolute atomic E-state index is 12.2. The van der Waals surface area contributed by atoms with Crippen molar-refractivity contribution in [3.8, 4) is 0 Å². The number of rotatable bonds is 5. The van der Waals surface area contributed by atoms with Crippen molar-refractivity contribution in [1.82, 2.24) is 20.2 Å². The average molecular weight is 370 g/mol. The molecule has 1 fully saturated rings. The number of aromatic nitrogens is 2. The molecule has 0 radical (unpaired) electrons. The molecule has 2 N–H and O–H groups in total. The first-order valence-corrected chi connectivity index (χ1v) is 9.00. The van der Waals surface area contributed by atoms with Crippen molar-refractivity contribution in [3.63, 3.8) is 0 Å². The molecule has 7 nitrogen and oxygen atoms in total. The van der Waals surface area contributed by atoms with Crippen LogP contribution in [0.3, 0.4) is 0 Å². The highest BCUT2D eigenvalue weighted by Gasteiger charge is 2.12. The zero-order valence-corrected chi connectivity index (χ0v) is 15.8. The molecule has 0 atom stereocenters. The van der Waals surface area contributed by atoms with E-state index in [4.69, 9.17) is 9.90 Å². The molecule has 0 saturated carbocycles. The van der Waals surface area contributed by atoms with Crippen LogP contribution in [0.25, 0.3) is 0 Å². The smallest absolute Gasteiger partial charge is 0.290 e. The van der Waals surface area contributed by atoms with E-state index in [1.807, 2.05) is 6.92 Å². The van der Waals surface area contributed by atoms with Crippen molar-refractivity contribution in [3.05, 3.63) is 58.7 Å². The van der Waals surface area contributed by atoms with E-state index in [1.165, 1.54) is 31.5 Å². The normalized spacial score (nSPS) is 13.6. The predicted molar refractivity (Wildman–Crippen MR) is 102 cm³/mol. The standard InChI is InChI=1S/C19H24N4O.CH2O2/c1-14-11-18(22-15(2)21-14)19(24)20-12-16-5-7-17(8-6-16)13-23-9-3-4-10-23;2-1-3/h5-8,11H,3-4,9-10,12-13H2,1-2H3,(H,20,24);1H,(H,2,3). The van der Waals surface area contributed by atoms with Crippen molar-refractivity contribution >= 4 is 12.4 Å². The van der Waals surface area contributed by atoms with Gasteiger partial charge in [-0.05, 0) is 57.0 Å². The van der Waals surface area contributed by atoms with Gasteiger partial charge in [0.05, 0.1) is 0 Å².